The highest BCUT2D eigenvalue weighted by atomic mass is 32.1. The molecule has 1 aromatic heterocycles. The molecule has 3 atom stereocenters. The molecule has 0 spiro atoms. The molecule has 1 aliphatic heterocycles. The van der Waals surface area contributed by atoms with Crippen LogP contribution in [0, 0.1) is 0 Å². The molecule has 2 unspecified atom stereocenters. The monoisotopic (exact) mass is 520 g/mol. The maximum absolute atomic E-state index is 13.5. The van der Waals surface area contributed by atoms with E-state index in [1.165, 1.54) is 12.3 Å². The first-order valence-electron chi connectivity index (χ1n) is 11.4. The molecule has 11 heteroatoms. The molecular weight excluding hydrogens is 496 g/mol. The van der Waals surface area contributed by atoms with Gasteiger partial charge in [0.25, 0.3) is 5.91 Å². The first-order valence-corrected chi connectivity index (χ1v) is 12.3. The predicted octanol–water partition coefficient (Wildman–Crippen LogP) is 3.33. The molecule has 2 aromatic carbocycles. The fourth-order valence-corrected chi connectivity index (χ4v) is 4.80. The first kappa shape index (κ1) is 25.7. The van der Waals surface area contributed by atoms with E-state index in [1.54, 1.807) is 31.2 Å². The zero-order chi connectivity index (χ0) is 26.5. The standard InChI is InChI=1S/C26H24N4O6S/c1-15(17-6-4-3-5-7-17)22(23(33)29-25-27-20(14-37-25)16(2)32)30-24(34)21(28-26(30)35)18-8-10-19(11-9-18)36-13-12-31/h3-12,14-15,21-22H,13H2,1-2H3,(H,28,35)(H,27,29,33)/t15?,21-,22?/m1/s1. The third-order valence-corrected chi connectivity index (χ3v) is 6.70. The molecule has 1 fully saturated rings. The van der Waals surface area contributed by atoms with Crippen molar-refractivity contribution in [3.8, 4) is 5.75 Å². The van der Waals surface area contributed by atoms with Gasteiger partial charge in [0.1, 0.15) is 30.1 Å². The molecule has 0 bridgehead atoms. The van der Waals surface area contributed by atoms with Crippen molar-refractivity contribution >= 4 is 46.4 Å². The van der Waals surface area contributed by atoms with Crippen LogP contribution in [0.1, 0.15) is 47.4 Å². The topological polar surface area (TPSA) is 135 Å². The smallest absolute Gasteiger partial charge is 0.325 e. The van der Waals surface area contributed by atoms with Gasteiger partial charge < -0.3 is 15.4 Å². The second-order valence-corrected chi connectivity index (χ2v) is 9.22. The maximum atomic E-state index is 13.5. The number of Topliss-reactive ketones (excluding diaryl/α,β-unsaturated/α-hetero) is 1. The summed E-state index contributed by atoms with van der Waals surface area (Å²) in [6, 6.07) is 12.6. The lowest BCUT2D eigenvalue weighted by Crippen LogP contribution is -2.50. The summed E-state index contributed by atoms with van der Waals surface area (Å²) in [6.07, 6.45) is 0.623. The number of rotatable bonds is 10. The van der Waals surface area contributed by atoms with Crippen molar-refractivity contribution in [2.45, 2.75) is 31.8 Å². The molecule has 2 heterocycles. The maximum Gasteiger partial charge on any atom is 0.325 e. The van der Waals surface area contributed by atoms with Gasteiger partial charge in [-0.15, -0.1) is 11.3 Å². The number of imide groups is 1. The van der Waals surface area contributed by atoms with E-state index in [4.69, 9.17) is 4.74 Å². The van der Waals surface area contributed by atoms with Gasteiger partial charge in [0.15, 0.2) is 17.2 Å². The molecule has 4 rings (SSSR count). The Morgan fingerprint density at radius 1 is 1.16 bits per heavy atom. The van der Waals surface area contributed by atoms with E-state index in [0.717, 1.165) is 21.8 Å². The Morgan fingerprint density at radius 2 is 1.86 bits per heavy atom. The number of aldehydes is 1. The highest BCUT2D eigenvalue weighted by Gasteiger charge is 2.47. The lowest BCUT2D eigenvalue weighted by Gasteiger charge is -2.29. The fourth-order valence-electron chi connectivity index (χ4n) is 4.05. The number of urea groups is 1. The van der Waals surface area contributed by atoms with Crippen LogP contribution >= 0.6 is 11.3 Å². The van der Waals surface area contributed by atoms with Crippen molar-refractivity contribution < 1.29 is 28.7 Å². The average Bonchev–Trinajstić information content (AvgIpc) is 3.48. The van der Waals surface area contributed by atoms with Gasteiger partial charge in [0, 0.05) is 18.2 Å². The molecule has 0 saturated carbocycles. The number of amides is 4. The van der Waals surface area contributed by atoms with Gasteiger partial charge >= 0.3 is 6.03 Å². The Bertz CT molecular complexity index is 1320. The SMILES string of the molecule is CC(=O)c1csc(NC(=O)C(C(C)c2ccccc2)N2C(=O)N[C@H](c3ccc(OCC=O)cc3)C2=O)n1. The number of hydrogen-bond donors (Lipinski definition) is 2. The minimum atomic E-state index is -1.19. The summed E-state index contributed by atoms with van der Waals surface area (Å²) in [5.41, 5.74) is 1.47. The Hall–Kier alpha value is -4.38. The Kier molecular flexibility index (Phi) is 7.73. The molecule has 190 valence electrons. The molecule has 4 amide bonds. The van der Waals surface area contributed by atoms with Crippen LogP contribution in [0.4, 0.5) is 9.93 Å². The third-order valence-electron chi connectivity index (χ3n) is 5.94. The normalized spacial score (nSPS) is 16.6. The molecule has 0 aliphatic carbocycles. The summed E-state index contributed by atoms with van der Waals surface area (Å²) in [4.78, 5) is 67.3. The number of ketones is 1. The summed E-state index contributed by atoms with van der Waals surface area (Å²) >= 11 is 1.08. The quantitative estimate of drug-likeness (QED) is 0.238. The summed E-state index contributed by atoms with van der Waals surface area (Å²) in [7, 11) is 0. The van der Waals surface area contributed by atoms with E-state index in [9.17, 15) is 24.0 Å². The first-order chi connectivity index (χ1) is 17.8. The Morgan fingerprint density at radius 3 is 2.49 bits per heavy atom. The van der Waals surface area contributed by atoms with Gasteiger partial charge in [-0.05, 0) is 23.3 Å². The minimum absolute atomic E-state index is 0.104. The molecule has 1 aliphatic rings. The summed E-state index contributed by atoms with van der Waals surface area (Å²) in [5, 5.41) is 7.04. The van der Waals surface area contributed by atoms with Crippen LogP contribution in [0.2, 0.25) is 0 Å². The van der Waals surface area contributed by atoms with Gasteiger partial charge in [-0.25, -0.2) is 14.7 Å². The molecule has 3 aromatic rings. The lowest BCUT2D eigenvalue weighted by atomic mass is 9.91. The van der Waals surface area contributed by atoms with Crippen LogP contribution < -0.4 is 15.4 Å². The molecule has 37 heavy (non-hydrogen) atoms. The van der Waals surface area contributed by atoms with Crippen molar-refractivity contribution in [2.24, 2.45) is 0 Å². The van der Waals surface area contributed by atoms with Gasteiger partial charge in [-0.1, -0.05) is 49.4 Å². The number of aromatic nitrogens is 1. The number of thiazole rings is 1. The van der Waals surface area contributed by atoms with Crippen molar-refractivity contribution in [1.82, 2.24) is 15.2 Å². The summed E-state index contributed by atoms with van der Waals surface area (Å²) in [5.74, 6) is -1.56. The highest BCUT2D eigenvalue weighted by Crippen LogP contribution is 2.32. The molecule has 0 radical (unpaired) electrons. The second kappa shape index (κ2) is 11.1. The molecule has 1 saturated heterocycles. The third kappa shape index (κ3) is 5.56. The number of benzene rings is 2. The van der Waals surface area contributed by atoms with Gasteiger partial charge in [-0.3, -0.25) is 19.2 Å². The molecule has 2 N–H and O–H groups in total. The predicted molar refractivity (Wildman–Crippen MR) is 136 cm³/mol. The zero-order valence-corrected chi connectivity index (χ0v) is 20.9. The summed E-state index contributed by atoms with van der Waals surface area (Å²) < 4.78 is 5.24. The fraction of sp³-hybridized carbons (Fsp3) is 0.231. The van der Waals surface area contributed by atoms with Gasteiger partial charge in [-0.2, -0.15) is 0 Å². The van der Waals surface area contributed by atoms with E-state index < -0.39 is 35.8 Å². The van der Waals surface area contributed by atoms with Crippen molar-refractivity contribution in [3.05, 3.63) is 76.8 Å². The van der Waals surface area contributed by atoms with E-state index in [2.05, 4.69) is 15.6 Å². The molecule has 10 nitrogen and oxygen atoms in total. The van der Waals surface area contributed by atoms with Crippen LogP contribution in [0.3, 0.4) is 0 Å². The van der Waals surface area contributed by atoms with E-state index in [0.29, 0.717) is 17.6 Å². The van der Waals surface area contributed by atoms with Gasteiger partial charge in [0.2, 0.25) is 5.91 Å². The van der Waals surface area contributed by atoms with Crippen molar-refractivity contribution in [2.75, 3.05) is 11.9 Å². The largest absolute Gasteiger partial charge is 0.486 e. The number of anilines is 1. The number of hydrogen-bond acceptors (Lipinski definition) is 8. The van der Waals surface area contributed by atoms with Crippen LogP contribution in [-0.4, -0.2) is 52.4 Å². The van der Waals surface area contributed by atoms with Crippen LogP contribution in [0.5, 0.6) is 5.75 Å². The van der Waals surface area contributed by atoms with Crippen LogP contribution in [-0.2, 0) is 14.4 Å². The van der Waals surface area contributed by atoms with Crippen molar-refractivity contribution in [3.63, 3.8) is 0 Å². The highest BCUT2D eigenvalue weighted by molar-refractivity contribution is 7.14. The van der Waals surface area contributed by atoms with E-state index in [1.807, 2.05) is 30.3 Å². The second-order valence-electron chi connectivity index (χ2n) is 8.36. The zero-order valence-electron chi connectivity index (χ0n) is 20.0. The Labute approximate surface area is 216 Å². The van der Waals surface area contributed by atoms with E-state index >= 15 is 0 Å². The van der Waals surface area contributed by atoms with Gasteiger partial charge in [0.05, 0.1) is 0 Å². The number of carbonyl (C=O) groups excluding carboxylic acids is 5. The minimum Gasteiger partial charge on any atom is -0.486 e. The lowest BCUT2D eigenvalue weighted by molar-refractivity contribution is -0.134. The average molecular weight is 521 g/mol. The number of carbonyl (C=O) groups is 5. The van der Waals surface area contributed by atoms with E-state index in [-0.39, 0.29) is 23.2 Å². The van der Waals surface area contributed by atoms with Crippen LogP contribution in [0.25, 0.3) is 0 Å². The van der Waals surface area contributed by atoms with Crippen molar-refractivity contribution in [1.29, 1.82) is 0 Å². The molecular formula is C26H24N4O6S. The van der Waals surface area contributed by atoms with Crippen LogP contribution in [0.15, 0.2) is 60.0 Å². The number of ether oxygens (including phenoxy) is 1. The number of nitrogens with one attached hydrogen (secondary N) is 2. The number of nitrogens with zero attached hydrogens (tertiary/aromatic N) is 2. The summed E-state index contributed by atoms with van der Waals surface area (Å²) in [6.45, 7) is 3.03. The Balaban J connectivity index is 1.63.